The average molecular weight is 398 g/mol. The first-order valence-electron chi connectivity index (χ1n) is 10.1. The quantitative estimate of drug-likeness (QED) is 0.716. The highest BCUT2D eigenvalue weighted by Gasteiger charge is 2.42. The van der Waals surface area contributed by atoms with Gasteiger partial charge < -0.3 is 14.1 Å². The zero-order chi connectivity index (χ0) is 20.3. The van der Waals surface area contributed by atoms with E-state index < -0.39 is 0 Å². The van der Waals surface area contributed by atoms with Crippen molar-refractivity contribution in [2.24, 2.45) is 5.41 Å². The van der Waals surface area contributed by atoms with Crippen LogP contribution in [0, 0.1) is 11.2 Å². The molecule has 4 rings (SSSR count). The molecule has 1 aromatic heterocycles. The molecule has 154 valence electrons. The lowest BCUT2D eigenvalue weighted by Crippen LogP contribution is -2.45. The van der Waals surface area contributed by atoms with Gasteiger partial charge in [-0.05, 0) is 62.2 Å². The molecule has 1 aromatic carbocycles. The van der Waals surface area contributed by atoms with E-state index in [4.69, 9.17) is 9.15 Å². The third-order valence-electron chi connectivity index (χ3n) is 6.07. The van der Waals surface area contributed by atoms with E-state index in [1.165, 1.54) is 6.07 Å². The number of hydrogen-bond acceptors (Lipinski definition) is 4. The van der Waals surface area contributed by atoms with Crippen molar-refractivity contribution in [3.63, 3.8) is 0 Å². The Morgan fingerprint density at radius 2 is 2.17 bits per heavy atom. The molecule has 0 bridgehead atoms. The van der Waals surface area contributed by atoms with Gasteiger partial charge in [0.1, 0.15) is 17.3 Å². The zero-order valence-corrected chi connectivity index (χ0v) is 16.8. The van der Waals surface area contributed by atoms with Gasteiger partial charge >= 0.3 is 0 Å². The monoisotopic (exact) mass is 398 g/mol. The van der Waals surface area contributed by atoms with Crippen molar-refractivity contribution in [3.8, 4) is 5.75 Å². The van der Waals surface area contributed by atoms with Crippen LogP contribution in [0.25, 0.3) is 6.08 Å². The summed E-state index contributed by atoms with van der Waals surface area (Å²) >= 11 is 0. The second-order valence-electron chi connectivity index (χ2n) is 8.13. The third kappa shape index (κ3) is 4.53. The smallest absolute Gasteiger partial charge is 0.246 e. The second kappa shape index (κ2) is 8.41. The van der Waals surface area contributed by atoms with Gasteiger partial charge in [0.05, 0.1) is 13.4 Å². The fourth-order valence-electron chi connectivity index (χ4n) is 4.59. The Morgan fingerprint density at radius 3 is 2.97 bits per heavy atom. The molecule has 0 N–H and O–H groups in total. The lowest BCUT2D eigenvalue weighted by atomic mass is 9.79. The number of amides is 1. The molecule has 5 nitrogen and oxygen atoms in total. The summed E-state index contributed by atoms with van der Waals surface area (Å²) in [6.45, 7) is 3.92. The van der Waals surface area contributed by atoms with Crippen LogP contribution < -0.4 is 4.74 Å². The number of ether oxygens (including phenoxy) is 1. The van der Waals surface area contributed by atoms with Gasteiger partial charge in [-0.15, -0.1) is 0 Å². The molecule has 0 radical (unpaired) electrons. The molecule has 2 aliphatic rings. The molecule has 2 aromatic rings. The lowest BCUT2D eigenvalue weighted by Gasteiger charge is -2.40. The molecule has 1 spiro atoms. The predicted octanol–water partition coefficient (Wildman–Crippen LogP) is 3.96. The lowest BCUT2D eigenvalue weighted by molar-refractivity contribution is -0.125. The van der Waals surface area contributed by atoms with Crippen LogP contribution in [0.5, 0.6) is 5.75 Å². The Hall–Kier alpha value is -2.60. The van der Waals surface area contributed by atoms with E-state index >= 15 is 0 Å². The largest absolute Gasteiger partial charge is 0.497 e. The molecular formula is C23H27FN2O3. The Kier molecular flexibility index (Phi) is 5.72. The summed E-state index contributed by atoms with van der Waals surface area (Å²) in [5, 5.41) is 0. The van der Waals surface area contributed by atoms with Crippen molar-refractivity contribution >= 4 is 12.0 Å². The van der Waals surface area contributed by atoms with E-state index in [1.807, 2.05) is 11.0 Å². The Balaban J connectivity index is 1.38. The molecule has 2 fully saturated rings. The molecule has 2 saturated heterocycles. The maximum atomic E-state index is 14.2. The number of piperidine rings is 1. The molecule has 29 heavy (non-hydrogen) atoms. The molecule has 3 heterocycles. The first kappa shape index (κ1) is 19.7. The van der Waals surface area contributed by atoms with Gasteiger partial charge in [0.15, 0.2) is 0 Å². The average Bonchev–Trinajstić information content (AvgIpc) is 3.38. The standard InChI is InChI=1S/C23H27FN2O3/c1-28-20-5-7-21(24)18(14-20)15-25-11-3-9-23(16-25)10-12-26(17-23)22(27)8-6-19-4-2-13-29-19/h2,4-8,13-14H,3,9-12,15-17H2,1H3/b8-6+/t23-/m1/s1. The number of furan rings is 1. The normalized spacial score (nSPS) is 22.6. The molecule has 1 amide bonds. The number of halogens is 1. The van der Waals surface area contributed by atoms with Crippen LogP contribution in [0.1, 0.15) is 30.6 Å². The van der Waals surface area contributed by atoms with Gasteiger partial charge in [-0.3, -0.25) is 9.69 Å². The number of carbonyl (C=O) groups is 1. The number of rotatable bonds is 5. The van der Waals surface area contributed by atoms with Crippen molar-refractivity contribution in [2.75, 3.05) is 33.3 Å². The predicted molar refractivity (Wildman–Crippen MR) is 109 cm³/mol. The Morgan fingerprint density at radius 1 is 1.28 bits per heavy atom. The van der Waals surface area contributed by atoms with E-state index in [1.54, 1.807) is 43.7 Å². The summed E-state index contributed by atoms with van der Waals surface area (Å²) in [4.78, 5) is 16.8. The fraction of sp³-hybridized carbons (Fsp3) is 0.435. The minimum Gasteiger partial charge on any atom is -0.497 e. The van der Waals surface area contributed by atoms with E-state index in [0.29, 0.717) is 23.6 Å². The van der Waals surface area contributed by atoms with Gasteiger partial charge in [-0.25, -0.2) is 4.39 Å². The number of hydrogen-bond donors (Lipinski definition) is 0. The maximum absolute atomic E-state index is 14.2. The van der Waals surface area contributed by atoms with Crippen LogP contribution in [0.4, 0.5) is 4.39 Å². The van der Waals surface area contributed by atoms with E-state index in [9.17, 15) is 9.18 Å². The van der Waals surface area contributed by atoms with Gasteiger partial charge in [0.25, 0.3) is 0 Å². The van der Waals surface area contributed by atoms with Crippen LogP contribution in [0.15, 0.2) is 47.1 Å². The Labute approximate surface area is 170 Å². The maximum Gasteiger partial charge on any atom is 0.246 e. The first-order chi connectivity index (χ1) is 14.1. The van der Waals surface area contributed by atoms with Gasteiger partial charge in [-0.1, -0.05) is 0 Å². The molecule has 0 saturated carbocycles. The zero-order valence-electron chi connectivity index (χ0n) is 16.8. The van der Waals surface area contributed by atoms with Crippen LogP contribution >= 0.6 is 0 Å². The fourth-order valence-corrected chi connectivity index (χ4v) is 4.59. The third-order valence-corrected chi connectivity index (χ3v) is 6.07. The molecule has 1 atom stereocenters. The van der Waals surface area contributed by atoms with E-state index in [0.717, 1.165) is 45.4 Å². The number of carbonyl (C=O) groups excluding carboxylic acids is 1. The minimum absolute atomic E-state index is 0.0224. The van der Waals surface area contributed by atoms with E-state index in [2.05, 4.69) is 4.90 Å². The molecule has 0 unspecified atom stereocenters. The van der Waals surface area contributed by atoms with Crippen LogP contribution in [-0.4, -0.2) is 49.0 Å². The van der Waals surface area contributed by atoms with Gasteiger partial charge in [-0.2, -0.15) is 0 Å². The summed E-state index contributed by atoms with van der Waals surface area (Å²) in [6.07, 6.45) is 8.06. The number of likely N-dealkylation sites (tertiary alicyclic amines) is 2. The van der Waals surface area contributed by atoms with Crippen molar-refractivity contribution < 1.29 is 18.3 Å². The summed E-state index contributed by atoms with van der Waals surface area (Å²) in [5.41, 5.74) is 0.760. The summed E-state index contributed by atoms with van der Waals surface area (Å²) in [6, 6.07) is 8.52. The van der Waals surface area contributed by atoms with Crippen molar-refractivity contribution in [3.05, 3.63) is 59.8 Å². The highest BCUT2D eigenvalue weighted by molar-refractivity contribution is 5.91. The first-order valence-corrected chi connectivity index (χ1v) is 10.1. The highest BCUT2D eigenvalue weighted by atomic mass is 19.1. The molecule has 0 aliphatic carbocycles. The highest BCUT2D eigenvalue weighted by Crippen LogP contribution is 2.39. The molecule has 2 aliphatic heterocycles. The topological polar surface area (TPSA) is 45.9 Å². The SMILES string of the molecule is COc1ccc(F)c(CN2CCC[C@@]3(CCN(C(=O)/C=C/c4ccco4)C3)C2)c1. The Bertz CT molecular complexity index is 880. The summed E-state index contributed by atoms with van der Waals surface area (Å²) in [7, 11) is 1.59. The van der Waals surface area contributed by atoms with Crippen LogP contribution in [0.2, 0.25) is 0 Å². The molecule has 6 heteroatoms. The summed E-state index contributed by atoms with van der Waals surface area (Å²) in [5.74, 6) is 1.18. The summed E-state index contributed by atoms with van der Waals surface area (Å²) < 4.78 is 24.7. The minimum atomic E-state index is -0.197. The van der Waals surface area contributed by atoms with Crippen LogP contribution in [-0.2, 0) is 11.3 Å². The van der Waals surface area contributed by atoms with Crippen molar-refractivity contribution in [2.45, 2.75) is 25.8 Å². The van der Waals surface area contributed by atoms with Crippen molar-refractivity contribution in [1.82, 2.24) is 9.80 Å². The van der Waals surface area contributed by atoms with Gasteiger partial charge in [0.2, 0.25) is 5.91 Å². The van der Waals surface area contributed by atoms with Crippen molar-refractivity contribution in [1.29, 1.82) is 0 Å². The second-order valence-corrected chi connectivity index (χ2v) is 8.13. The number of benzene rings is 1. The van der Waals surface area contributed by atoms with Gasteiger partial charge in [0, 0.05) is 43.2 Å². The number of nitrogens with zero attached hydrogens (tertiary/aromatic N) is 2. The number of methoxy groups -OCH3 is 1. The van der Waals surface area contributed by atoms with E-state index in [-0.39, 0.29) is 17.1 Å². The van der Waals surface area contributed by atoms with Crippen LogP contribution in [0.3, 0.4) is 0 Å². The molecular weight excluding hydrogens is 371 g/mol.